The van der Waals surface area contributed by atoms with Gasteiger partial charge in [0.15, 0.2) is 0 Å². The molecule has 1 saturated heterocycles. The number of aliphatic hydroxyl groups is 2. The van der Waals surface area contributed by atoms with E-state index in [4.69, 9.17) is 9.47 Å². The SMILES string of the molecule is C=C1C(=O)O[C@@H]2/C=C(\CO)CC/C=C(\C)C[C@H](OC(=O)[C@H](C)CO)[C@@H]12. The van der Waals surface area contributed by atoms with Crippen molar-refractivity contribution in [3.05, 3.63) is 35.5 Å². The van der Waals surface area contributed by atoms with Crippen molar-refractivity contribution in [2.75, 3.05) is 13.2 Å². The van der Waals surface area contributed by atoms with Crippen LogP contribution in [-0.4, -0.2) is 47.6 Å². The van der Waals surface area contributed by atoms with Gasteiger partial charge in [0.25, 0.3) is 0 Å². The van der Waals surface area contributed by atoms with Gasteiger partial charge in [-0.05, 0) is 38.3 Å². The lowest BCUT2D eigenvalue weighted by Crippen LogP contribution is -2.35. The Bertz CT molecular complexity index is 603. The molecule has 0 unspecified atom stereocenters. The number of fused-ring (bicyclic) bond motifs is 1. The quantitative estimate of drug-likeness (QED) is 0.455. The van der Waals surface area contributed by atoms with Gasteiger partial charge in [-0.3, -0.25) is 4.79 Å². The first kappa shape index (κ1) is 19.4. The van der Waals surface area contributed by atoms with E-state index in [0.717, 1.165) is 17.6 Å². The third-order valence-corrected chi connectivity index (χ3v) is 4.69. The van der Waals surface area contributed by atoms with Crippen molar-refractivity contribution in [2.45, 2.75) is 45.3 Å². The first-order valence-electron chi connectivity index (χ1n) is 8.54. The standard InChI is InChI=1S/C19H26O6/c1-11-5-4-6-14(10-21)8-16-17(13(3)19(23)25-16)15(7-11)24-18(22)12(2)9-20/h5,8,12,15-17,20-21H,3-4,6-7,9-10H2,1-2H3/b11-5+,14-8-/t12-,15+,16-,17-/m1/s1. The Morgan fingerprint density at radius 2 is 2.20 bits per heavy atom. The molecular formula is C19H26O6. The molecular weight excluding hydrogens is 324 g/mol. The zero-order valence-electron chi connectivity index (χ0n) is 14.7. The highest BCUT2D eigenvalue weighted by atomic mass is 16.6. The summed E-state index contributed by atoms with van der Waals surface area (Å²) in [7, 11) is 0. The molecule has 0 aromatic heterocycles. The molecule has 2 aliphatic rings. The fraction of sp³-hybridized carbons (Fsp3) is 0.579. The van der Waals surface area contributed by atoms with Crippen LogP contribution in [-0.2, 0) is 19.1 Å². The van der Waals surface area contributed by atoms with Crippen LogP contribution in [0, 0.1) is 11.8 Å². The molecule has 0 aromatic carbocycles. The van der Waals surface area contributed by atoms with Crippen LogP contribution in [0.25, 0.3) is 0 Å². The summed E-state index contributed by atoms with van der Waals surface area (Å²) in [6.45, 7) is 6.91. The molecule has 0 aromatic rings. The van der Waals surface area contributed by atoms with Crippen LogP contribution in [0.15, 0.2) is 35.5 Å². The summed E-state index contributed by atoms with van der Waals surface area (Å²) in [5.74, 6) is -2.19. The summed E-state index contributed by atoms with van der Waals surface area (Å²) in [5.41, 5.74) is 2.07. The summed E-state index contributed by atoms with van der Waals surface area (Å²) in [4.78, 5) is 24.2. The van der Waals surface area contributed by atoms with Gasteiger partial charge in [-0.1, -0.05) is 18.2 Å². The third kappa shape index (κ3) is 4.58. The zero-order chi connectivity index (χ0) is 18.6. The minimum absolute atomic E-state index is 0.119. The van der Waals surface area contributed by atoms with Crippen molar-refractivity contribution >= 4 is 11.9 Å². The smallest absolute Gasteiger partial charge is 0.334 e. The van der Waals surface area contributed by atoms with E-state index in [1.165, 1.54) is 0 Å². The van der Waals surface area contributed by atoms with Gasteiger partial charge in [0, 0.05) is 12.0 Å². The second-order valence-corrected chi connectivity index (χ2v) is 6.76. The number of aliphatic hydroxyl groups excluding tert-OH is 2. The van der Waals surface area contributed by atoms with Crippen LogP contribution in [0.5, 0.6) is 0 Å². The Kier molecular flexibility index (Phi) is 6.56. The van der Waals surface area contributed by atoms with Crippen LogP contribution < -0.4 is 0 Å². The average molecular weight is 350 g/mol. The van der Waals surface area contributed by atoms with E-state index in [-0.39, 0.29) is 18.8 Å². The summed E-state index contributed by atoms with van der Waals surface area (Å²) in [5, 5.41) is 18.7. The molecule has 4 atom stereocenters. The lowest BCUT2D eigenvalue weighted by atomic mass is 9.85. The summed E-state index contributed by atoms with van der Waals surface area (Å²) >= 11 is 0. The Hall–Kier alpha value is -1.92. The molecule has 1 heterocycles. The van der Waals surface area contributed by atoms with Gasteiger partial charge in [0.2, 0.25) is 0 Å². The maximum atomic E-state index is 12.2. The van der Waals surface area contributed by atoms with Gasteiger partial charge in [-0.2, -0.15) is 0 Å². The molecule has 2 N–H and O–H groups in total. The molecule has 138 valence electrons. The van der Waals surface area contributed by atoms with Crippen molar-refractivity contribution in [1.29, 1.82) is 0 Å². The molecule has 1 aliphatic carbocycles. The Morgan fingerprint density at radius 1 is 1.48 bits per heavy atom. The van der Waals surface area contributed by atoms with Crippen LogP contribution in [0.3, 0.4) is 0 Å². The van der Waals surface area contributed by atoms with Crippen LogP contribution in [0.4, 0.5) is 0 Å². The lowest BCUT2D eigenvalue weighted by Gasteiger charge is -2.28. The second-order valence-electron chi connectivity index (χ2n) is 6.76. The molecule has 1 aliphatic heterocycles. The average Bonchev–Trinajstić information content (AvgIpc) is 2.86. The predicted molar refractivity (Wildman–Crippen MR) is 91.4 cm³/mol. The number of ether oxygens (including phenoxy) is 2. The molecule has 2 rings (SSSR count). The monoisotopic (exact) mass is 350 g/mol. The highest BCUT2D eigenvalue weighted by Gasteiger charge is 2.44. The number of carbonyl (C=O) groups is 2. The maximum Gasteiger partial charge on any atom is 0.334 e. The van der Waals surface area contributed by atoms with Gasteiger partial charge in [0.05, 0.1) is 25.0 Å². The van der Waals surface area contributed by atoms with Crippen LogP contribution in [0.2, 0.25) is 0 Å². The largest absolute Gasteiger partial charge is 0.461 e. The molecule has 0 radical (unpaired) electrons. The fourth-order valence-corrected chi connectivity index (χ4v) is 3.11. The highest BCUT2D eigenvalue weighted by molar-refractivity contribution is 5.91. The van der Waals surface area contributed by atoms with Crippen molar-refractivity contribution in [3.8, 4) is 0 Å². The van der Waals surface area contributed by atoms with Crippen molar-refractivity contribution < 1.29 is 29.3 Å². The number of rotatable bonds is 4. The molecule has 6 nitrogen and oxygen atoms in total. The minimum Gasteiger partial charge on any atom is -0.461 e. The number of hydrogen-bond donors (Lipinski definition) is 2. The second kappa shape index (κ2) is 8.45. The first-order valence-corrected chi connectivity index (χ1v) is 8.54. The minimum atomic E-state index is -0.645. The maximum absolute atomic E-state index is 12.2. The van der Waals surface area contributed by atoms with E-state index in [1.54, 1.807) is 13.0 Å². The van der Waals surface area contributed by atoms with Crippen LogP contribution in [0.1, 0.15) is 33.1 Å². The van der Waals surface area contributed by atoms with E-state index >= 15 is 0 Å². The fourth-order valence-electron chi connectivity index (χ4n) is 3.11. The van der Waals surface area contributed by atoms with Gasteiger partial charge in [-0.15, -0.1) is 0 Å². The molecule has 1 fully saturated rings. The van der Waals surface area contributed by atoms with Crippen molar-refractivity contribution in [3.63, 3.8) is 0 Å². The van der Waals surface area contributed by atoms with Crippen molar-refractivity contribution in [2.24, 2.45) is 11.8 Å². The zero-order valence-corrected chi connectivity index (χ0v) is 14.7. The van der Waals surface area contributed by atoms with Gasteiger partial charge in [0.1, 0.15) is 12.2 Å². The van der Waals surface area contributed by atoms with E-state index in [1.807, 2.05) is 13.0 Å². The molecule has 0 spiro atoms. The lowest BCUT2D eigenvalue weighted by molar-refractivity contribution is -0.157. The number of allylic oxidation sites excluding steroid dienone is 1. The first-order chi connectivity index (χ1) is 11.9. The number of carbonyl (C=O) groups excluding carboxylic acids is 2. The van der Waals surface area contributed by atoms with Gasteiger partial charge >= 0.3 is 11.9 Å². The topological polar surface area (TPSA) is 93.1 Å². The van der Waals surface area contributed by atoms with E-state index < -0.39 is 36.0 Å². The highest BCUT2D eigenvalue weighted by Crippen LogP contribution is 2.36. The predicted octanol–water partition coefficient (Wildman–Crippen LogP) is 1.67. The van der Waals surface area contributed by atoms with Gasteiger partial charge in [-0.25, -0.2) is 4.79 Å². The number of hydrogen-bond acceptors (Lipinski definition) is 6. The third-order valence-electron chi connectivity index (χ3n) is 4.69. The normalized spacial score (nSPS) is 32.6. The van der Waals surface area contributed by atoms with Gasteiger partial charge < -0.3 is 19.7 Å². The Balaban J connectivity index is 2.37. The summed E-state index contributed by atoms with van der Waals surface area (Å²) in [6.07, 6.45) is 4.44. The van der Waals surface area contributed by atoms with Crippen LogP contribution >= 0.6 is 0 Å². The van der Waals surface area contributed by atoms with Crippen molar-refractivity contribution in [1.82, 2.24) is 0 Å². The Morgan fingerprint density at radius 3 is 2.84 bits per heavy atom. The van der Waals surface area contributed by atoms with E-state index in [2.05, 4.69) is 6.58 Å². The Labute approximate surface area is 147 Å². The molecule has 6 heteroatoms. The molecule has 0 saturated carbocycles. The summed E-state index contributed by atoms with van der Waals surface area (Å²) in [6, 6.07) is 0. The molecule has 25 heavy (non-hydrogen) atoms. The van der Waals surface area contributed by atoms with E-state index in [0.29, 0.717) is 12.8 Å². The summed E-state index contributed by atoms with van der Waals surface area (Å²) < 4.78 is 11.0. The number of esters is 2. The molecule has 0 bridgehead atoms. The molecule has 0 amide bonds. The van der Waals surface area contributed by atoms with E-state index in [9.17, 15) is 19.8 Å².